The summed E-state index contributed by atoms with van der Waals surface area (Å²) in [4.78, 5) is 25.3. The van der Waals surface area contributed by atoms with Crippen LogP contribution in [0.1, 0.15) is 19.3 Å². The number of carboxylic acid groups (broad SMARTS) is 1. The summed E-state index contributed by atoms with van der Waals surface area (Å²) in [7, 11) is 0. The van der Waals surface area contributed by atoms with Crippen molar-refractivity contribution in [1.29, 1.82) is 0 Å². The smallest absolute Gasteiger partial charge is 0.309 e. The van der Waals surface area contributed by atoms with Gasteiger partial charge in [0.25, 0.3) is 0 Å². The molecule has 0 radical (unpaired) electrons. The zero-order chi connectivity index (χ0) is 19.0. The van der Waals surface area contributed by atoms with E-state index in [-0.39, 0.29) is 18.1 Å². The van der Waals surface area contributed by atoms with Crippen LogP contribution in [0.3, 0.4) is 0 Å². The molecule has 1 aromatic carbocycles. The Kier molecular flexibility index (Phi) is 4.25. The van der Waals surface area contributed by atoms with E-state index in [0.717, 1.165) is 5.56 Å². The summed E-state index contributed by atoms with van der Waals surface area (Å²) in [6, 6.07) is 9.74. The molecule has 27 heavy (non-hydrogen) atoms. The Labute approximate surface area is 155 Å². The molecule has 2 fully saturated rings. The van der Waals surface area contributed by atoms with Crippen LogP contribution in [0.5, 0.6) is 0 Å². The molecule has 1 atom stereocenters. The molecule has 3 heterocycles. The van der Waals surface area contributed by atoms with E-state index in [1.807, 2.05) is 17.0 Å². The van der Waals surface area contributed by atoms with Gasteiger partial charge in [-0.05, 0) is 49.2 Å². The molecule has 7 nitrogen and oxygen atoms in total. The number of nitrogens with one attached hydrogen (secondary N) is 1. The van der Waals surface area contributed by atoms with E-state index in [1.54, 1.807) is 12.1 Å². The van der Waals surface area contributed by atoms with E-state index in [2.05, 4.69) is 15.5 Å². The summed E-state index contributed by atoms with van der Waals surface area (Å²) in [5.74, 6) is -1.40. The Balaban J connectivity index is 1.46. The van der Waals surface area contributed by atoms with Gasteiger partial charge in [0.2, 0.25) is 5.91 Å². The molecule has 1 amide bonds. The number of anilines is 1. The zero-order valence-corrected chi connectivity index (χ0v) is 14.6. The summed E-state index contributed by atoms with van der Waals surface area (Å²) >= 11 is 0. The number of aliphatic carboxylic acids is 1. The van der Waals surface area contributed by atoms with Gasteiger partial charge in [-0.1, -0.05) is 0 Å². The van der Waals surface area contributed by atoms with Crippen LogP contribution in [-0.4, -0.2) is 45.8 Å². The Morgan fingerprint density at radius 1 is 1.15 bits per heavy atom. The number of benzene rings is 1. The van der Waals surface area contributed by atoms with Gasteiger partial charge < -0.3 is 15.3 Å². The van der Waals surface area contributed by atoms with Crippen molar-refractivity contribution in [3.8, 4) is 11.3 Å². The Morgan fingerprint density at radius 2 is 1.85 bits per heavy atom. The van der Waals surface area contributed by atoms with E-state index in [4.69, 9.17) is 0 Å². The number of carboxylic acids is 1. The third-order valence-corrected chi connectivity index (χ3v) is 5.51. The quantitative estimate of drug-likeness (QED) is 0.856. The highest BCUT2D eigenvalue weighted by molar-refractivity contribution is 5.88. The zero-order valence-electron chi connectivity index (χ0n) is 14.6. The Bertz CT molecular complexity index is 862. The minimum Gasteiger partial charge on any atom is -0.481 e. The molecule has 2 aromatic rings. The van der Waals surface area contributed by atoms with Crippen LogP contribution in [0.25, 0.3) is 11.3 Å². The second kappa shape index (κ2) is 6.61. The van der Waals surface area contributed by atoms with Crippen LogP contribution >= 0.6 is 0 Å². The number of halogens is 1. The van der Waals surface area contributed by atoms with E-state index < -0.39 is 17.4 Å². The molecule has 0 unspecified atom stereocenters. The lowest BCUT2D eigenvalue weighted by Gasteiger charge is -2.41. The van der Waals surface area contributed by atoms with Gasteiger partial charge in [-0.15, -0.1) is 10.2 Å². The van der Waals surface area contributed by atoms with Gasteiger partial charge in [0.05, 0.1) is 17.2 Å². The van der Waals surface area contributed by atoms with Crippen LogP contribution in [0, 0.1) is 11.7 Å². The molecule has 2 aliphatic heterocycles. The topological polar surface area (TPSA) is 95.4 Å². The summed E-state index contributed by atoms with van der Waals surface area (Å²) in [6.45, 7) is 1.18. The maximum absolute atomic E-state index is 13.0. The Hall–Kier alpha value is -3.03. The van der Waals surface area contributed by atoms with E-state index in [9.17, 15) is 19.1 Å². The standard InChI is InChI=1S/C19H19FN4O3/c20-13-3-1-12(2-4-13)15-5-6-16(23-22-15)24-9-7-19(8-10-24)14(18(26)27)11-17(25)21-19/h1-6,14H,7-11H2,(H,21,25)(H,26,27)/t14-/m0/s1. The van der Waals surface area contributed by atoms with Crippen LogP contribution in [0.4, 0.5) is 10.2 Å². The summed E-state index contributed by atoms with van der Waals surface area (Å²) in [5, 5.41) is 20.8. The van der Waals surface area contributed by atoms with Crippen molar-refractivity contribution < 1.29 is 19.1 Å². The van der Waals surface area contributed by atoms with Crippen molar-refractivity contribution in [2.75, 3.05) is 18.0 Å². The summed E-state index contributed by atoms with van der Waals surface area (Å²) in [5.41, 5.74) is 0.771. The second-order valence-corrected chi connectivity index (χ2v) is 7.07. The molecule has 0 aliphatic carbocycles. The fraction of sp³-hybridized carbons (Fsp3) is 0.368. The highest BCUT2D eigenvalue weighted by Crippen LogP contribution is 2.37. The number of rotatable bonds is 3. The molecule has 2 aliphatic rings. The van der Waals surface area contributed by atoms with Crippen molar-refractivity contribution >= 4 is 17.7 Å². The summed E-state index contributed by atoms with van der Waals surface area (Å²) in [6.07, 6.45) is 1.15. The van der Waals surface area contributed by atoms with Crippen molar-refractivity contribution in [1.82, 2.24) is 15.5 Å². The van der Waals surface area contributed by atoms with Crippen LogP contribution in [0.15, 0.2) is 36.4 Å². The van der Waals surface area contributed by atoms with Crippen molar-refractivity contribution in [2.45, 2.75) is 24.8 Å². The van der Waals surface area contributed by atoms with Crippen LogP contribution < -0.4 is 10.2 Å². The van der Waals surface area contributed by atoms with Gasteiger partial charge in [0, 0.05) is 25.1 Å². The number of carbonyl (C=O) groups is 2. The van der Waals surface area contributed by atoms with Crippen molar-refractivity contribution in [3.05, 3.63) is 42.2 Å². The molecule has 2 saturated heterocycles. The number of hydrogen-bond donors (Lipinski definition) is 2. The molecular formula is C19H19FN4O3. The third-order valence-electron chi connectivity index (χ3n) is 5.51. The second-order valence-electron chi connectivity index (χ2n) is 7.07. The highest BCUT2D eigenvalue weighted by Gasteiger charge is 2.51. The average Bonchev–Trinajstić information content (AvgIpc) is 2.99. The van der Waals surface area contributed by atoms with E-state index in [0.29, 0.717) is 37.4 Å². The molecule has 140 valence electrons. The third kappa shape index (κ3) is 3.22. The minimum atomic E-state index is -0.926. The molecule has 1 aromatic heterocycles. The molecule has 2 N–H and O–H groups in total. The fourth-order valence-corrected chi connectivity index (χ4v) is 4.00. The van der Waals surface area contributed by atoms with E-state index >= 15 is 0 Å². The lowest BCUT2D eigenvalue weighted by Crippen LogP contribution is -2.55. The number of nitrogens with zero attached hydrogens (tertiary/aromatic N) is 3. The average molecular weight is 370 g/mol. The lowest BCUT2D eigenvalue weighted by molar-refractivity contribution is -0.144. The van der Waals surface area contributed by atoms with Gasteiger partial charge in [0.15, 0.2) is 5.82 Å². The van der Waals surface area contributed by atoms with Gasteiger partial charge in [-0.2, -0.15) is 0 Å². The first-order valence-electron chi connectivity index (χ1n) is 8.85. The fourth-order valence-electron chi connectivity index (χ4n) is 4.00. The molecule has 8 heteroatoms. The highest BCUT2D eigenvalue weighted by atomic mass is 19.1. The van der Waals surface area contributed by atoms with Crippen molar-refractivity contribution in [3.63, 3.8) is 0 Å². The molecule has 4 rings (SSSR count). The number of aromatic nitrogens is 2. The maximum atomic E-state index is 13.0. The maximum Gasteiger partial charge on any atom is 0.309 e. The van der Waals surface area contributed by atoms with Crippen LogP contribution in [0.2, 0.25) is 0 Å². The molecular weight excluding hydrogens is 351 g/mol. The first kappa shape index (κ1) is 17.4. The van der Waals surface area contributed by atoms with Gasteiger partial charge >= 0.3 is 5.97 Å². The molecule has 1 spiro atoms. The van der Waals surface area contributed by atoms with Gasteiger partial charge in [-0.25, -0.2) is 4.39 Å². The summed E-state index contributed by atoms with van der Waals surface area (Å²) < 4.78 is 13.0. The SMILES string of the molecule is O=C1C[C@@H](C(=O)O)C2(CCN(c3ccc(-c4ccc(F)cc4)nn3)CC2)N1. The van der Waals surface area contributed by atoms with Crippen LogP contribution in [-0.2, 0) is 9.59 Å². The normalized spacial score (nSPS) is 21.3. The first-order valence-corrected chi connectivity index (χ1v) is 8.85. The van der Waals surface area contributed by atoms with Gasteiger partial charge in [0.1, 0.15) is 5.82 Å². The minimum absolute atomic E-state index is 0.0432. The predicted octanol–water partition coefficient (Wildman–Crippen LogP) is 1.84. The number of piperidine rings is 1. The van der Waals surface area contributed by atoms with Crippen molar-refractivity contribution in [2.24, 2.45) is 5.92 Å². The van der Waals surface area contributed by atoms with Gasteiger partial charge in [-0.3, -0.25) is 9.59 Å². The predicted molar refractivity (Wildman–Crippen MR) is 95.5 cm³/mol. The number of amides is 1. The monoisotopic (exact) mass is 370 g/mol. The van der Waals surface area contributed by atoms with E-state index in [1.165, 1.54) is 12.1 Å². The molecule has 0 bridgehead atoms. The lowest BCUT2D eigenvalue weighted by atomic mass is 9.78. The Morgan fingerprint density at radius 3 is 2.44 bits per heavy atom. The number of carbonyl (C=O) groups excluding carboxylic acids is 1. The largest absolute Gasteiger partial charge is 0.481 e. The first-order chi connectivity index (χ1) is 13.0. The molecule has 0 saturated carbocycles. The number of hydrogen-bond acceptors (Lipinski definition) is 5.